The fourth-order valence-electron chi connectivity index (χ4n) is 2.54. The van der Waals surface area contributed by atoms with Gasteiger partial charge in [0.05, 0.1) is 11.8 Å². The van der Waals surface area contributed by atoms with Gasteiger partial charge in [0.2, 0.25) is 0 Å². The maximum atomic E-state index is 12.5. The van der Waals surface area contributed by atoms with E-state index in [-0.39, 0.29) is 30.3 Å². The number of hydrogen-bond acceptors (Lipinski definition) is 4. The highest BCUT2D eigenvalue weighted by atomic mass is 19.4. The molecule has 0 N–H and O–H groups in total. The Labute approximate surface area is 140 Å². The molecule has 0 atom stereocenters. The fraction of sp³-hybridized carbons (Fsp3) is 0.312. The lowest BCUT2D eigenvalue weighted by Crippen LogP contribution is -2.50. The van der Waals surface area contributed by atoms with Crippen LogP contribution in [-0.4, -0.2) is 52.8 Å². The van der Waals surface area contributed by atoms with E-state index >= 15 is 0 Å². The van der Waals surface area contributed by atoms with Crippen molar-refractivity contribution in [3.8, 4) is 0 Å². The molecule has 2 aromatic rings. The van der Waals surface area contributed by atoms with Crippen molar-refractivity contribution in [3.05, 3.63) is 53.7 Å². The van der Waals surface area contributed by atoms with Crippen LogP contribution in [0.4, 0.5) is 13.2 Å². The largest absolute Gasteiger partial charge is 0.459 e. The highest BCUT2D eigenvalue weighted by Gasteiger charge is 2.33. The number of amides is 2. The van der Waals surface area contributed by atoms with Crippen LogP contribution in [0.2, 0.25) is 0 Å². The molecule has 2 amide bonds. The summed E-state index contributed by atoms with van der Waals surface area (Å²) in [6.45, 7) is 1.21. The molecule has 132 valence electrons. The van der Waals surface area contributed by atoms with Crippen molar-refractivity contribution in [1.29, 1.82) is 0 Å². The van der Waals surface area contributed by atoms with E-state index in [1.807, 2.05) is 0 Å². The zero-order valence-corrected chi connectivity index (χ0v) is 13.0. The van der Waals surface area contributed by atoms with Crippen molar-refractivity contribution in [1.82, 2.24) is 14.8 Å². The van der Waals surface area contributed by atoms with Gasteiger partial charge in [0.1, 0.15) is 5.69 Å². The number of carbonyl (C=O) groups excluding carboxylic acids is 2. The number of nitrogens with zero attached hydrogens (tertiary/aromatic N) is 3. The van der Waals surface area contributed by atoms with Gasteiger partial charge in [-0.3, -0.25) is 14.6 Å². The van der Waals surface area contributed by atoms with Crippen LogP contribution < -0.4 is 0 Å². The second kappa shape index (κ2) is 6.58. The predicted octanol–water partition coefficient (Wildman–Crippen LogP) is 2.29. The summed E-state index contributed by atoms with van der Waals surface area (Å²) in [7, 11) is 0. The van der Waals surface area contributed by atoms with Crippen molar-refractivity contribution < 1.29 is 27.2 Å². The molecule has 25 heavy (non-hydrogen) atoms. The van der Waals surface area contributed by atoms with Crippen LogP contribution in [0.1, 0.15) is 26.6 Å². The lowest BCUT2D eigenvalue weighted by Gasteiger charge is -2.34. The Kier molecular flexibility index (Phi) is 4.47. The van der Waals surface area contributed by atoms with E-state index in [1.54, 1.807) is 17.0 Å². The topological polar surface area (TPSA) is 66.7 Å². The molecular weight excluding hydrogens is 339 g/mol. The van der Waals surface area contributed by atoms with Gasteiger partial charge in [-0.05, 0) is 24.3 Å². The number of piperazine rings is 1. The van der Waals surface area contributed by atoms with Gasteiger partial charge in [0, 0.05) is 32.4 Å². The summed E-state index contributed by atoms with van der Waals surface area (Å²) in [5.41, 5.74) is -0.961. The molecule has 1 aliphatic heterocycles. The number of furan rings is 1. The van der Waals surface area contributed by atoms with E-state index in [0.717, 1.165) is 18.3 Å². The zero-order chi connectivity index (χ0) is 18.0. The third kappa shape index (κ3) is 3.65. The van der Waals surface area contributed by atoms with E-state index in [2.05, 4.69) is 4.98 Å². The number of pyridine rings is 1. The summed E-state index contributed by atoms with van der Waals surface area (Å²) in [5, 5.41) is 0. The van der Waals surface area contributed by atoms with Crippen molar-refractivity contribution in [3.63, 3.8) is 0 Å². The average molecular weight is 353 g/mol. The summed E-state index contributed by atoms with van der Waals surface area (Å²) in [6, 6.07) is 5.07. The quantitative estimate of drug-likeness (QED) is 0.831. The maximum Gasteiger partial charge on any atom is 0.433 e. The SMILES string of the molecule is O=C(c1ccc(C(F)(F)F)nc1)N1CCN(C(=O)c2ccco2)CC1. The smallest absolute Gasteiger partial charge is 0.433 e. The molecule has 6 nitrogen and oxygen atoms in total. The summed E-state index contributed by atoms with van der Waals surface area (Å²) in [5.74, 6) is -0.439. The standard InChI is InChI=1S/C16H14F3N3O3/c17-16(18,19)13-4-3-11(10-20-13)14(23)21-5-7-22(8-6-21)15(24)12-2-1-9-25-12/h1-4,9-10H,5-8H2. The number of halogens is 3. The Morgan fingerprint density at radius 2 is 1.64 bits per heavy atom. The number of carbonyl (C=O) groups is 2. The van der Waals surface area contributed by atoms with E-state index in [4.69, 9.17) is 4.42 Å². The van der Waals surface area contributed by atoms with Crippen molar-refractivity contribution in [2.75, 3.05) is 26.2 Å². The monoisotopic (exact) mass is 353 g/mol. The first kappa shape index (κ1) is 17.0. The molecule has 0 radical (unpaired) electrons. The average Bonchev–Trinajstić information content (AvgIpc) is 3.14. The lowest BCUT2D eigenvalue weighted by molar-refractivity contribution is -0.141. The van der Waals surface area contributed by atoms with Crippen LogP contribution in [0.3, 0.4) is 0 Å². The molecule has 3 rings (SSSR count). The Morgan fingerprint density at radius 3 is 2.12 bits per heavy atom. The highest BCUT2D eigenvalue weighted by molar-refractivity contribution is 5.94. The predicted molar refractivity (Wildman–Crippen MR) is 79.8 cm³/mol. The molecule has 0 aromatic carbocycles. The van der Waals surface area contributed by atoms with Crippen molar-refractivity contribution >= 4 is 11.8 Å². The fourth-order valence-corrected chi connectivity index (χ4v) is 2.54. The second-order valence-corrected chi connectivity index (χ2v) is 5.49. The lowest BCUT2D eigenvalue weighted by atomic mass is 10.2. The van der Waals surface area contributed by atoms with Gasteiger partial charge in [0.15, 0.2) is 5.76 Å². The molecule has 1 aliphatic rings. The van der Waals surface area contributed by atoms with Crippen LogP contribution in [0.25, 0.3) is 0 Å². The highest BCUT2D eigenvalue weighted by Crippen LogP contribution is 2.27. The molecule has 0 unspecified atom stereocenters. The molecule has 0 aliphatic carbocycles. The summed E-state index contributed by atoms with van der Waals surface area (Å²) >= 11 is 0. The Bertz CT molecular complexity index is 749. The van der Waals surface area contributed by atoms with Gasteiger partial charge in [0.25, 0.3) is 11.8 Å². The number of rotatable bonds is 2. The normalized spacial score (nSPS) is 15.3. The Hall–Kier alpha value is -2.84. The van der Waals surface area contributed by atoms with Crippen molar-refractivity contribution in [2.45, 2.75) is 6.18 Å². The van der Waals surface area contributed by atoms with E-state index < -0.39 is 17.8 Å². The van der Waals surface area contributed by atoms with Gasteiger partial charge >= 0.3 is 6.18 Å². The molecular formula is C16H14F3N3O3. The number of hydrogen-bond donors (Lipinski definition) is 0. The Morgan fingerprint density at radius 1 is 1.00 bits per heavy atom. The molecule has 0 spiro atoms. The minimum absolute atomic E-state index is 0.0822. The van der Waals surface area contributed by atoms with Crippen LogP contribution >= 0.6 is 0 Å². The van der Waals surface area contributed by atoms with Gasteiger partial charge < -0.3 is 14.2 Å². The van der Waals surface area contributed by atoms with E-state index in [9.17, 15) is 22.8 Å². The van der Waals surface area contributed by atoms with E-state index in [1.165, 1.54) is 11.2 Å². The molecule has 0 saturated carbocycles. The van der Waals surface area contributed by atoms with Crippen LogP contribution in [0.15, 0.2) is 41.1 Å². The van der Waals surface area contributed by atoms with E-state index in [0.29, 0.717) is 13.1 Å². The van der Waals surface area contributed by atoms with Crippen LogP contribution in [0.5, 0.6) is 0 Å². The summed E-state index contributed by atoms with van der Waals surface area (Å²) in [6.07, 6.45) is -2.21. The maximum absolute atomic E-state index is 12.5. The zero-order valence-electron chi connectivity index (χ0n) is 13.0. The molecule has 9 heteroatoms. The van der Waals surface area contributed by atoms with Gasteiger partial charge in [-0.15, -0.1) is 0 Å². The molecule has 1 fully saturated rings. The van der Waals surface area contributed by atoms with Crippen molar-refractivity contribution in [2.24, 2.45) is 0 Å². The minimum atomic E-state index is -4.54. The second-order valence-electron chi connectivity index (χ2n) is 5.49. The number of alkyl halides is 3. The summed E-state index contributed by atoms with van der Waals surface area (Å²) < 4.78 is 42.6. The van der Waals surface area contributed by atoms with Gasteiger partial charge in [-0.25, -0.2) is 0 Å². The third-order valence-corrected chi connectivity index (χ3v) is 3.89. The first-order valence-electron chi connectivity index (χ1n) is 7.51. The molecule has 3 heterocycles. The number of aromatic nitrogens is 1. The minimum Gasteiger partial charge on any atom is -0.459 e. The molecule has 0 bridgehead atoms. The van der Waals surface area contributed by atoms with Crippen LogP contribution in [0, 0.1) is 0 Å². The summed E-state index contributed by atoms with van der Waals surface area (Å²) in [4.78, 5) is 30.8. The molecule has 2 aromatic heterocycles. The first-order chi connectivity index (χ1) is 11.9. The van der Waals surface area contributed by atoms with Gasteiger partial charge in [-0.1, -0.05) is 0 Å². The third-order valence-electron chi connectivity index (χ3n) is 3.89. The molecule has 1 saturated heterocycles. The van der Waals surface area contributed by atoms with Gasteiger partial charge in [-0.2, -0.15) is 13.2 Å². The Balaban J connectivity index is 1.61. The first-order valence-corrected chi connectivity index (χ1v) is 7.51. The van der Waals surface area contributed by atoms with Crippen LogP contribution in [-0.2, 0) is 6.18 Å².